The quantitative estimate of drug-likeness (QED) is 0.0438. The van der Waals surface area contributed by atoms with E-state index in [0.29, 0.717) is 168 Å². The Morgan fingerprint density at radius 2 is 0.658 bits per heavy atom. The van der Waals surface area contributed by atoms with Crippen molar-refractivity contribution in [3.63, 3.8) is 0 Å². The minimum Gasteiger partial charge on any atom is -0.378 e. The molecule has 1 unspecified atom stereocenters. The Bertz CT molecular complexity index is 3790. The number of carbonyl (C=O) groups excluding carboxylic acids is 3. The van der Waals surface area contributed by atoms with Gasteiger partial charge in [-0.1, -0.05) is 58.2 Å². The van der Waals surface area contributed by atoms with Crippen LogP contribution in [0.1, 0.15) is 134 Å². The molecule has 6 aromatic rings. The van der Waals surface area contributed by atoms with E-state index in [4.69, 9.17) is 29.2 Å². The molecule has 0 bridgehead atoms. The fourth-order valence-corrected chi connectivity index (χ4v) is 16.1. The van der Waals surface area contributed by atoms with Crippen LogP contribution in [0.5, 0.6) is 0 Å². The molecular formula is C81H108F6N18O6. The van der Waals surface area contributed by atoms with E-state index >= 15 is 0 Å². The zero-order valence-electron chi connectivity index (χ0n) is 64.8. The van der Waals surface area contributed by atoms with Crippen LogP contribution < -0.4 is 46.6 Å². The smallest absolute Gasteiger partial charge is 0.321 e. The van der Waals surface area contributed by atoms with Crippen molar-refractivity contribution in [2.75, 3.05) is 165 Å². The Hall–Kier alpha value is -9.03. The van der Waals surface area contributed by atoms with Gasteiger partial charge in [-0.15, -0.1) is 0 Å². The highest BCUT2D eigenvalue weighted by atomic mass is 19.3. The van der Waals surface area contributed by atoms with E-state index in [-0.39, 0.29) is 74.7 Å². The van der Waals surface area contributed by atoms with E-state index in [0.717, 1.165) is 129 Å². The van der Waals surface area contributed by atoms with Crippen LogP contribution in [-0.2, 0) is 14.2 Å². The van der Waals surface area contributed by atoms with Crippen LogP contribution >= 0.6 is 0 Å². The van der Waals surface area contributed by atoms with Gasteiger partial charge in [0, 0.05) is 187 Å². The maximum absolute atomic E-state index is 13.8. The van der Waals surface area contributed by atoms with Crippen molar-refractivity contribution < 1.29 is 54.9 Å². The summed E-state index contributed by atoms with van der Waals surface area (Å²) in [5.74, 6) is -3.05. The van der Waals surface area contributed by atoms with Crippen molar-refractivity contribution in [3.8, 4) is 33.8 Å². The van der Waals surface area contributed by atoms with Gasteiger partial charge >= 0.3 is 18.1 Å². The van der Waals surface area contributed by atoms with Crippen LogP contribution in [0.4, 0.5) is 93.1 Å². The van der Waals surface area contributed by atoms with E-state index in [1.165, 1.54) is 0 Å². The lowest BCUT2D eigenvalue weighted by molar-refractivity contribution is 0.00778. The fourth-order valence-electron chi connectivity index (χ4n) is 16.1. The van der Waals surface area contributed by atoms with Gasteiger partial charge < -0.3 is 75.5 Å². The van der Waals surface area contributed by atoms with E-state index in [1.807, 2.05) is 108 Å². The second kappa shape index (κ2) is 35.8. The summed E-state index contributed by atoms with van der Waals surface area (Å²) in [6.07, 6.45) is 6.44. The van der Waals surface area contributed by atoms with Gasteiger partial charge in [-0.3, -0.25) is 0 Å². The Balaban J connectivity index is 0.000000146. The van der Waals surface area contributed by atoms with Crippen molar-refractivity contribution in [3.05, 3.63) is 89.5 Å². The minimum absolute atomic E-state index is 0.0908. The molecule has 6 aliphatic heterocycles. The van der Waals surface area contributed by atoms with Crippen LogP contribution in [0.2, 0.25) is 0 Å². The van der Waals surface area contributed by atoms with Gasteiger partial charge in [-0.25, -0.2) is 55.7 Å². The summed E-state index contributed by atoms with van der Waals surface area (Å²) >= 11 is 0. The summed E-state index contributed by atoms with van der Waals surface area (Å²) in [5, 5.41) is 18.6. The van der Waals surface area contributed by atoms with Gasteiger partial charge in [0.2, 0.25) is 35.6 Å². The van der Waals surface area contributed by atoms with Gasteiger partial charge in [0.05, 0.1) is 56.7 Å². The van der Waals surface area contributed by atoms with Crippen molar-refractivity contribution >= 4 is 70.5 Å². The molecule has 3 aromatic carbocycles. The molecular weight excluding hydrogens is 1430 g/mol. The number of alkyl halides is 6. The van der Waals surface area contributed by atoms with Crippen molar-refractivity contribution in [2.45, 2.75) is 174 Å². The number of ether oxygens (including phenoxy) is 3. The first-order valence-corrected chi connectivity index (χ1v) is 40.0. The molecule has 6 amide bonds. The summed E-state index contributed by atoms with van der Waals surface area (Å²) in [6, 6.07) is 21.8. The monoisotopic (exact) mass is 1540 g/mol. The van der Waals surface area contributed by atoms with Crippen molar-refractivity contribution in [2.24, 2.45) is 17.8 Å². The van der Waals surface area contributed by atoms with Gasteiger partial charge in [0.1, 0.15) is 17.5 Å². The maximum atomic E-state index is 13.8. The summed E-state index contributed by atoms with van der Waals surface area (Å²) in [4.78, 5) is 78.9. The molecule has 0 radical (unpaired) electrons. The number of anilines is 9. The van der Waals surface area contributed by atoms with Gasteiger partial charge in [-0.2, -0.15) is 15.0 Å². The van der Waals surface area contributed by atoms with Gasteiger partial charge in [0.25, 0.3) is 0 Å². The number of carbonyl (C=O) groups is 3. The number of aryl methyl sites for hydroxylation is 3. The topological polar surface area (TPSA) is 248 Å². The Kier molecular flexibility index (Phi) is 25.8. The number of aromatic nitrogens is 6. The molecule has 9 fully saturated rings. The van der Waals surface area contributed by atoms with Crippen LogP contribution in [0.25, 0.3) is 33.8 Å². The maximum Gasteiger partial charge on any atom is 0.321 e. The van der Waals surface area contributed by atoms with E-state index < -0.39 is 17.8 Å². The van der Waals surface area contributed by atoms with E-state index in [1.54, 1.807) is 0 Å². The highest BCUT2D eigenvalue weighted by Crippen LogP contribution is 2.41. The fraction of sp³-hybridized carbons (Fsp3) is 0.593. The standard InChI is InChI=1S/3C27H36F2N6O2/c3*1-3-19-7-9-35(17-19)26(36)31-20-5-4-18(2)22(14-20)23-15-24(34-10-12-37-13-11-34)33-25(32-23)30-21-6-8-27(28,29)16-21/h3*4-5,14-15,19,21H,3,6-13,16-17H2,1-2H3,(H,31,36)(H,30,32,33)/t19-,21?;19-,21+;19-,21-/m111/s1. The van der Waals surface area contributed by atoms with Crippen LogP contribution in [0.3, 0.4) is 0 Å². The third-order valence-electron chi connectivity index (χ3n) is 23.1. The summed E-state index contributed by atoms with van der Waals surface area (Å²) in [6.45, 7) is 24.9. The first kappa shape index (κ1) is 80.0. The zero-order chi connectivity index (χ0) is 78.0. The highest BCUT2D eigenvalue weighted by Gasteiger charge is 2.43. The average Bonchev–Trinajstić information content (AvgIpc) is 1.55. The van der Waals surface area contributed by atoms with Gasteiger partial charge in [-0.05, 0) is 130 Å². The predicted octanol–water partition coefficient (Wildman–Crippen LogP) is 15.5. The summed E-state index contributed by atoms with van der Waals surface area (Å²) in [7, 11) is 0. The number of rotatable bonds is 18. The lowest BCUT2D eigenvalue weighted by Crippen LogP contribution is -2.37. The molecule has 9 heterocycles. The molecule has 3 saturated carbocycles. The number of hydrogen-bond acceptors (Lipinski definition) is 18. The highest BCUT2D eigenvalue weighted by molar-refractivity contribution is 5.92. The van der Waals surface area contributed by atoms with E-state index in [9.17, 15) is 40.7 Å². The SMILES string of the molecule is CC[C@@H]1CCN(C(=O)Nc2ccc(C)c(-c3cc(N4CCOCC4)nc(NC4CCC(F)(F)C4)n3)c2)C1.CC[C@@H]1CCN(C(=O)Nc2ccc(C)c(-c3cc(N4CCOCC4)nc(N[C@@H]4CCC(F)(F)C4)n3)c2)C1.CC[C@@H]1CCN(C(=O)Nc2ccc(C)c(-c3cc(N4CCOCC4)nc(N[C@H]4CCC(F)(F)C4)n3)c2)C1. The molecule has 0 spiro atoms. The van der Waals surface area contributed by atoms with Crippen molar-refractivity contribution in [1.82, 2.24) is 44.6 Å². The number of amides is 6. The normalized spacial score (nSPS) is 23.4. The Labute approximate surface area is 646 Å². The average molecular weight is 1540 g/mol. The number of benzene rings is 3. The minimum atomic E-state index is -2.65. The second-order valence-electron chi connectivity index (χ2n) is 31.3. The molecule has 15 rings (SSSR count). The van der Waals surface area contributed by atoms with Crippen molar-refractivity contribution in [1.29, 1.82) is 0 Å². The number of hydrogen-bond donors (Lipinski definition) is 6. The molecule has 6 atom stereocenters. The van der Waals surface area contributed by atoms with E-state index in [2.05, 4.69) is 82.3 Å². The van der Waals surface area contributed by atoms with Crippen LogP contribution in [-0.4, -0.2) is 217 Å². The number of nitrogens with one attached hydrogen (secondary N) is 6. The Morgan fingerprint density at radius 3 is 0.892 bits per heavy atom. The predicted molar refractivity (Wildman–Crippen MR) is 421 cm³/mol. The first-order valence-electron chi connectivity index (χ1n) is 40.0. The van der Waals surface area contributed by atoms with Crippen LogP contribution in [0.15, 0.2) is 72.8 Å². The zero-order valence-corrected chi connectivity index (χ0v) is 64.8. The number of urea groups is 3. The summed E-state index contributed by atoms with van der Waals surface area (Å²) in [5.41, 5.74) is 9.72. The molecule has 6 saturated heterocycles. The number of halogens is 6. The molecule has 600 valence electrons. The number of nitrogens with zero attached hydrogens (tertiary/aromatic N) is 12. The summed E-state index contributed by atoms with van der Waals surface area (Å²) < 4.78 is 99.4. The molecule has 3 aromatic heterocycles. The third-order valence-corrected chi connectivity index (χ3v) is 23.1. The van der Waals surface area contributed by atoms with Gasteiger partial charge in [0.15, 0.2) is 0 Å². The lowest BCUT2D eigenvalue weighted by Gasteiger charge is -2.28. The molecule has 111 heavy (non-hydrogen) atoms. The number of morpholine rings is 3. The second-order valence-corrected chi connectivity index (χ2v) is 31.3. The largest absolute Gasteiger partial charge is 0.378 e. The number of likely N-dealkylation sites (tertiary alicyclic amines) is 3. The van der Waals surface area contributed by atoms with Crippen LogP contribution in [0, 0.1) is 38.5 Å². The molecule has 9 aliphatic rings. The first-order chi connectivity index (χ1) is 53.4. The molecule has 30 heteroatoms. The molecule has 24 nitrogen and oxygen atoms in total. The molecule has 3 aliphatic carbocycles. The lowest BCUT2D eigenvalue weighted by atomic mass is 10.0. The molecule has 6 N–H and O–H groups in total. The third kappa shape index (κ3) is 21.2. The Morgan fingerprint density at radius 1 is 0.387 bits per heavy atom.